The number of carbonyl (C=O) groups is 1. The second kappa shape index (κ2) is 5.89. The van der Waals surface area contributed by atoms with Crippen molar-refractivity contribution in [1.82, 2.24) is 0 Å². The highest BCUT2D eigenvalue weighted by atomic mass is 16.1. The molecule has 0 aromatic heterocycles. The first-order chi connectivity index (χ1) is 6.74. The summed E-state index contributed by atoms with van der Waals surface area (Å²) in [7, 11) is 0. The Balaban J connectivity index is 4.37. The molecule has 0 aliphatic heterocycles. The maximum absolute atomic E-state index is 11.4. The van der Waals surface area contributed by atoms with Gasteiger partial charge in [-0.25, -0.2) is 0 Å². The summed E-state index contributed by atoms with van der Waals surface area (Å²) < 4.78 is 0. The Hall–Kier alpha value is -0.850. The monoisotopic (exact) mass is 208 g/mol. The predicted molar refractivity (Wildman–Crippen MR) is 66.8 cm³/mol. The fourth-order valence-electron chi connectivity index (χ4n) is 1.04. The van der Waals surface area contributed by atoms with Crippen molar-refractivity contribution in [3.05, 3.63) is 23.8 Å². The molecular formula is C14H24O. The summed E-state index contributed by atoms with van der Waals surface area (Å²) in [4.78, 5) is 11.4. The molecule has 0 saturated carbocycles. The Labute approximate surface area is 94.3 Å². The van der Waals surface area contributed by atoms with E-state index in [0.29, 0.717) is 0 Å². The van der Waals surface area contributed by atoms with Crippen LogP contribution in [0.3, 0.4) is 0 Å². The third kappa shape index (κ3) is 7.12. The minimum absolute atomic E-state index is 0.0713. The van der Waals surface area contributed by atoms with Gasteiger partial charge in [0.1, 0.15) is 0 Å². The lowest BCUT2D eigenvalue weighted by molar-refractivity contribution is -0.117. The van der Waals surface area contributed by atoms with Crippen molar-refractivity contribution in [3.63, 3.8) is 0 Å². The van der Waals surface area contributed by atoms with Gasteiger partial charge in [0.05, 0.1) is 0 Å². The van der Waals surface area contributed by atoms with Gasteiger partial charge in [0.2, 0.25) is 0 Å². The molecule has 0 heterocycles. The summed E-state index contributed by atoms with van der Waals surface area (Å²) in [6, 6.07) is 0. The van der Waals surface area contributed by atoms with Crippen molar-refractivity contribution < 1.29 is 4.79 Å². The highest BCUT2D eigenvalue weighted by Crippen LogP contribution is 2.23. The van der Waals surface area contributed by atoms with Crippen LogP contribution >= 0.6 is 0 Å². The zero-order valence-corrected chi connectivity index (χ0v) is 10.9. The number of ketones is 1. The molecule has 0 atom stereocenters. The molecule has 0 amide bonds. The maximum atomic E-state index is 11.4. The SMILES string of the molecule is CC(C)=CCC(C)(C)/C=C/C(=O)C(C)C. The van der Waals surface area contributed by atoms with E-state index in [2.05, 4.69) is 33.8 Å². The van der Waals surface area contributed by atoms with Crippen LogP contribution in [0.25, 0.3) is 0 Å². The molecule has 0 aliphatic carbocycles. The summed E-state index contributed by atoms with van der Waals surface area (Å²) in [5.41, 5.74) is 1.40. The van der Waals surface area contributed by atoms with Crippen LogP contribution < -0.4 is 0 Å². The van der Waals surface area contributed by atoms with Gasteiger partial charge >= 0.3 is 0 Å². The summed E-state index contributed by atoms with van der Waals surface area (Å²) in [5, 5.41) is 0. The van der Waals surface area contributed by atoms with Gasteiger partial charge < -0.3 is 0 Å². The highest BCUT2D eigenvalue weighted by molar-refractivity contribution is 5.91. The van der Waals surface area contributed by atoms with Gasteiger partial charge in [0, 0.05) is 5.92 Å². The molecule has 15 heavy (non-hydrogen) atoms. The van der Waals surface area contributed by atoms with Crippen molar-refractivity contribution in [2.24, 2.45) is 11.3 Å². The third-order valence-electron chi connectivity index (χ3n) is 2.30. The number of hydrogen-bond acceptors (Lipinski definition) is 1. The summed E-state index contributed by atoms with van der Waals surface area (Å²) in [6.07, 6.45) is 6.94. The molecule has 0 radical (unpaired) electrons. The van der Waals surface area contributed by atoms with E-state index in [9.17, 15) is 4.79 Å². The van der Waals surface area contributed by atoms with Gasteiger partial charge in [0.25, 0.3) is 0 Å². The van der Waals surface area contributed by atoms with Gasteiger partial charge in [-0.2, -0.15) is 0 Å². The van der Waals surface area contributed by atoms with Crippen LogP contribution in [-0.4, -0.2) is 5.78 Å². The van der Waals surface area contributed by atoms with Gasteiger partial charge in [-0.1, -0.05) is 45.4 Å². The van der Waals surface area contributed by atoms with Gasteiger partial charge in [-0.3, -0.25) is 4.79 Å². The topological polar surface area (TPSA) is 17.1 Å². The van der Waals surface area contributed by atoms with Gasteiger partial charge in [-0.05, 0) is 31.8 Å². The molecule has 0 N–H and O–H groups in total. The summed E-state index contributed by atoms with van der Waals surface area (Å²) >= 11 is 0. The van der Waals surface area contributed by atoms with Crippen molar-refractivity contribution in [1.29, 1.82) is 0 Å². The highest BCUT2D eigenvalue weighted by Gasteiger charge is 2.13. The smallest absolute Gasteiger partial charge is 0.157 e. The van der Waals surface area contributed by atoms with Crippen LogP contribution in [0.2, 0.25) is 0 Å². The molecule has 0 aromatic carbocycles. The Morgan fingerprint density at radius 1 is 1.27 bits per heavy atom. The molecule has 0 fully saturated rings. The van der Waals surface area contributed by atoms with Crippen LogP contribution in [-0.2, 0) is 4.79 Å². The van der Waals surface area contributed by atoms with Crippen molar-refractivity contribution in [3.8, 4) is 0 Å². The number of hydrogen-bond donors (Lipinski definition) is 0. The molecule has 1 heteroatoms. The zero-order chi connectivity index (χ0) is 12.1. The normalized spacial score (nSPS) is 12.2. The van der Waals surface area contributed by atoms with Gasteiger partial charge in [-0.15, -0.1) is 0 Å². The van der Waals surface area contributed by atoms with E-state index in [1.807, 2.05) is 19.9 Å². The van der Waals surface area contributed by atoms with Crippen LogP contribution in [0.15, 0.2) is 23.8 Å². The molecule has 0 aromatic rings. The Morgan fingerprint density at radius 3 is 2.20 bits per heavy atom. The molecule has 0 aliphatic rings. The quantitative estimate of drug-likeness (QED) is 0.490. The number of carbonyl (C=O) groups excluding carboxylic acids is 1. The third-order valence-corrected chi connectivity index (χ3v) is 2.30. The van der Waals surface area contributed by atoms with E-state index in [1.165, 1.54) is 5.57 Å². The lowest BCUT2D eigenvalue weighted by Crippen LogP contribution is -2.09. The predicted octanol–water partition coefficient (Wildman–Crippen LogP) is 4.15. The van der Waals surface area contributed by atoms with Gasteiger partial charge in [0.15, 0.2) is 5.78 Å². The lowest BCUT2D eigenvalue weighted by atomic mass is 9.87. The van der Waals surface area contributed by atoms with E-state index in [-0.39, 0.29) is 17.1 Å². The molecule has 1 nitrogen and oxygen atoms in total. The lowest BCUT2D eigenvalue weighted by Gasteiger charge is -2.18. The average molecular weight is 208 g/mol. The fourth-order valence-corrected chi connectivity index (χ4v) is 1.04. The Kier molecular flexibility index (Phi) is 5.56. The van der Waals surface area contributed by atoms with Crippen LogP contribution in [0, 0.1) is 11.3 Å². The molecule has 0 unspecified atom stereocenters. The molecule has 0 bridgehead atoms. The van der Waals surface area contributed by atoms with Crippen LogP contribution in [0.4, 0.5) is 0 Å². The largest absolute Gasteiger partial charge is 0.295 e. The minimum atomic E-state index is 0.0713. The average Bonchev–Trinajstić information content (AvgIpc) is 2.11. The maximum Gasteiger partial charge on any atom is 0.157 e. The molecule has 0 saturated heterocycles. The van der Waals surface area contributed by atoms with Crippen molar-refractivity contribution in [2.75, 3.05) is 0 Å². The first-order valence-corrected chi connectivity index (χ1v) is 5.61. The van der Waals surface area contributed by atoms with E-state index in [1.54, 1.807) is 6.08 Å². The molecule has 0 spiro atoms. The van der Waals surface area contributed by atoms with Crippen LogP contribution in [0.5, 0.6) is 0 Å². The second-order valence-corrected chi connectivity index (χ2v) is 5.36. The fraction of sp³-hybridized carbons (Fsp3) is 0.643. The van der Waals surface area contributed by atoms with Crippen LogP contribution in [0.1, 0.15) is 48.0 Å². The molecular weight excluding hydrogens is 184 g/mol. The summed E-state index contributed by atoms with van der Waals surface area (Å²) in [5.74, 6) is 0.306. The molecule has 0 rings (SSSR count). The van der Waals surface area contributed by atoms with Crippen molar-refractivity contribution >= 4 is 5.78 Å². The Morgan fingerprint density at radius 2 is 1.80 bits per heavy atom. The minimum Gasteiger partial charge on any atom is -0.295 e. The second-order valence-electron chi connectivity index (χ2n) is 5.36. The first kappa shape index (κ1) is 14.2. The Bertz CT molecular complexity index is 263. The number of rotatable bonds is 5. The number of allylic oxidation sites excluding steroid dienone is 4. The standard InChI is InChI=1S/C14H24O/c1-11(2)7-9-14(5,6)10-8-13(15)12(3)4/h7-8,10,12H,9H2,1-6H3/b10-8+. The van der Waals surface area contributed by atoms with E-state index in [4.69, 9.17) is 0 Å². The first-order valence-electron chi connectivity index (χ1n) is 5.61. The molecule has 86 valence electrons. The summed E-state index contributed by atoms with van der Waals surface area (Å²) in [6.45, 7) is 12.3. The zero-order valence-electron chi connectivity index (χ0n) is 10.9. The van der Waals surface area contributed by atoms with E-state index in [0.717, 1.165) is 6.42 Å². The van der Waals surface area contributed by atoms with E-state index >= 15 is 0 Å². The van der Waals surface area contributed by atoms with E-state index < -0.39 is 0 Å². The van der Waals surface area contributed by atoms with Crippen molar-refractivity contribution in [2.45, 2.75) is 48.0 Å².